The maximum Gasteiger partial charge on any atom is 0.365 e. The van der Waals surface area contributed by atoms with Gasteiger partial charge in [0.05, 0.1) is 16.2 Å². The van der Waals surface area contributed by atoms with E-state index in [4.69, 9.17) is 19.9 Å². The molecule has 0 atom stereocenters. The number of thiazole rings is 1. The monoisotopic (exact) mass is 495 g/mol. The average molecular weight is 496 g/mol. The Labute approximate surface area is 209 Å². The molecule has 0 aliphatic heterocycles. The number of rotatable bonds is 6. The Morgan fingerprint density at radius 3 is 2.64 bits per heavy atom. The second-order valence-electron chi connectivity index (χ2n) is 7.96. The van der Waals surface area contributed by atoms with Gasteiger partial charge in [-0.15, -0.1) is 0 Å². The molecule has 0 unspecified atom stereocenters. The van der Waals surface area contributed by atoms with Gasteiger partial charge in [-0.1, -0.05) is 52.7 Å². The van der Waals surface area contributed by atoms with Crippen LogP contribution in [0.3, 0.4) is 0 Å². The summed E-state index contributed by atoms with van der Waals surface area (Å²) in [5.41, 5.74) is 2.34. The predicted molar refractivity (Wildman–Crippen MR) is 137 cm³/mol. The van der Waals surface area contributed by atoms with Gasteiger partial charge in [-0.2, -0.15) is 0 Å². The Morgan fingerprint density at radius 2 is 1.83 bits per heavy atom. The van der Waals surface area contributed by atoms with Crippen LogP contribution in [0.15, 0.2) is 84.9 Å². The van der Waals surface area contributed by atoms with Gasteiger partial charge in [0.15, 0.2) is 5.52 Å². The maximum absolute atomic E-state index is 11.1. The fourth-order valence-corrected chi connectivity index (χ4v) is 4.96. The number of tetrazole rings is 1. The number of hydrogen-bond acceptors (Lipinski definition) is 7. The Balaban J connectivity index is 1.55. The highest BCUT2D eigenvalue weighted by Gasteiger charge is 2.26. The van der Waals surface area contributed by atoms with Crippen LogP contribution in [-0.4, -0.2) is 31.5 Å². The molecule has 10 heteroatoms. The molecule has 0 saturated heterocycles. The fourth-order valence-electron chi connectivity index (χ4n) is 4.03. The molecule has 36 heavy (non-hydrogen) atoms. The summed E-state index contributed by atoms with van der Waals surface area (Å²) in [6.45, 7) is 2.53. The van der Waals surface area contributed by atoms with Crippen molar-refractivity contribution in [2.45, 2.75) is 6.92 Å². The van der Waals surface area contributed by atoms with Gasteiger partial charge in [-0.3, -0.25) is 10.1 Å². The zero-order valence-corrected chi connectivity index (χ0v) is 19.9. The standard InChI is InChI=1S/C26H19N6O3S/c1-2-35-20-14-15-22-24(16-20)36-26(27-22)31-29-25(18-10-12-19(13-11-18)32(33)34)28-30(31)23-9-5-7-17-6-3-4-8-21(17)23/h3-16H,2H2,1H3/q+1. The molecule has 0 amide bonds. The first-order chi connectivity index (χ1) is 17.6. The molecule has 6 rings (SSSR count). The van der Waals surface area contributed by atoms with Crippen molar-refractivity contribution in [2.75, 3.05) is 6.61 Å². The lowest BCUT2D eigenvalue weighted by atomic mass is 10.1. The zero-order valence-electron chi connectivity index (χ0n) is 19.1. The SMILES string of the molecule is CCOc1ccc2nc(-[n+]3nc(-c4ccc([N+](=O)[O-])cc4)nn3-c3cccc4ccccc34)sc2c1. The Morgan fingerprint density at radius 1 is 1.03 bits per heavy atom. The smallest absolute Gasteiger partial charge is 0.365 e. The van der Waals surface area contributed by atoms with Crippen molar-refractivity contribution < 1.29 is 14.5 Å². The summed E-state index contributed by atoms with van der Waals surface area (Å²) in [7, 11) is 0. The topological polar surface area (TPSA) is 99.8 Å². The number of fused-ring (bicyclic) bond motifs is 2. The molecule has 0 saturated carbocycles. The lowest BCUT2D eigenvalue weighted by Crippen LogP contribution is -2.43. The van der Waals surface area contributed by atoms with Gasteiger partial charge in [0.25, 0.3) is 11.5 Å². The lowest BCUT2D eigenvalue weighted by molar-refractivity contribution is -0.733. The Hall–Kier alpha value is -4.70. The van der Waals surface area contributed by atoms with Crippen LogP contribution in [0.5, 0.6) is 5.75 Å². The summed E-state index contributed by atoms with van der Waals surface area (Å²) in [6, 6.07) is 26.1. The van der Waals surface area contributed by atoms with Crippen LogP contribution < -0.4 is 9.53 Å². The van der Waals surface area contributed by atoms with Gasteiger partial charge >= 0.3 is 5.13 Å². The summed E-state index contributed by atoms with van der Waals surface area (Å²) in [5.74, 6) is 1.21. The van der Waals surface area contributed by atoms with Crippen LogP contribution in [0.1, 0.15) is 6.92 Å². The number of nitro groups is 1. The van der Waals surface area contributed by atoms with Crippen LogP contribution >= 0.6 is 11.3 Å². The molecule has 176 valence electrons. The van der Waals surface area contributed by atoms with Gasteiger partial charge < -0.3 is 4.74 Å². The van der Waals surface area contributed by atoms with Gasteiger partial charge in [0.1, 0.15) is 11.4 Å². The van der Waals surface area contributed by atoms with E-state index in [0.29, 0.717) is 23.1 Å². The molecule has 0 bridgehead atoms. The summed E-state index contributed by atoms with van der Waals surface area (Å²) in [4.78, 5) is 18.9. The summed E-state index contributed by atoms with van der Waals surface area (Å²) in [5, 5.41) is 23.4. The van der Waals surface area contributed by atoms with Crippen molar-refractivity contribution in [3.8, 4) is 28.0 Å². The van der Waals surface area contributed by atoms with Crippen molar-refractivity contribution >= 4 is 38.0 Å². The van der Waals surface area contributed by atoms with Crippen LogP contribution in [0.2, 0.25) is 0 Å². The molecule has 0 N–H and O–H groups in total. The van der Waals surface area contributed by atoms with Crippen molar-refractivity contribution in [3.63, 3.8) is 0 Å². The molecule has 2 heterocycles. The molecule has 0 aliphatic rings. The minimum atomic E-state index is -0.427. The van der Waals surface area contributed by atoms with E-state index >= 15 is 0 Å². The molecule has 9 nitrogen and oxygen atoms in total. The summed E-state index contributed by atoms with van der Waals surface area (Å²) >= 11 is 1.48. The summed E-state index contributed by atoms with van der Waals surface area (Å²) < 4.78 is 6.62. The Kier molecular flexibility index (Phi) is 5.34. The largest absolute Gasteiger partial charge is 0.494 e. The number of nitrogens with zero attached hydrogens (tertiary/aromatic N) is 6. The highest BCUT2D eigenvalue weighted by atomic mass is 32.1. The van der Waals surface area contributed by atoms with Gasteiger partial charge in [0, 0.05) is 34.2 Å². The fraction of sp³-hybridized carbons (Fsp3) is 0.0769. The second-order valence-corrected chi connectivity index (χ2v) is 8.97. The van der Waals surface area contributed by atoms with E-state index in [0.717, 1.165) is 32.4 Å². The Bertz CT molecular complexity index is 1740. The van der Waals surface area contributed by atoms with Crippen LogP contribution in [-0.2, 0) is 0 Å². The highest BCUT2D eigenvalue weighted by Crippen LogP contribution is 2.28. The number of non-ortho nitro benzene ring substituents is 1. The molecular weight excluding hydrogens is 476 g/mol. The third-order valence-corrected chi connectivity index (χ3v) is 6.69. The van der Waals surface area contributed by atoms with E-state index in [-0.39, 0.29) is 5.69 Å². The third kappa shape index (κ3) is 3.83. The van der Waals surface area contributed by atoms with E-state index in [1.54, 1.807) is 21.7 Å². The van der Waals surface area contributed by atoms with Crippen LogP contribution in [0.4, 0.5) is 5.69 Å². The van der Waals surface area contributed by atoms with Crippen molar-refractivity contribution in [2.24, 2.45) is 0 Å². The van der Waals surface area contributed by atoms with Crippen molar-refractivity contribution in [1.82, 2.24) is 20.0 Å². The van der Waals surface area contributed by atoms with Gasteiger partial charge in [0.2, 0.25) is 0 Å². The normalized spacial score (nSPS) is 11.2. The quantitative estimate of drug-likeness (QED) is 0.177. The molecule has 0 aliphatic carbocycles. The van der Waals surface area contributed by atoms with E-state index < -0.39 is 4.92 Å². The molecule has 6 aromatic rings. The minimum absolute atomic E-state index is 0.0105. The van der Waals surface area contributed by atoms with Crippen molar-refractivity contribution in [3.05, 3.63) is 95.0 Å². The number of ether oxygens (including phenoxy) is 1. The second kappa shape index (κ2) is 8.82. The van der Waals surface area contributed by atoms with E-state index in [9.17, 15) is 10.1 Å². The number of hydrogen-bond donors (Lipinski definition) is 0. The first-order valence-corrected chi connectivity index (χ1v) is 12.1. The zero-order chi connectivity index (χ0) is 24.6. The average Bonchev–Trinajstić information content (AvgIpc) is 3.53. The minimum Gasteiger partial charge on any atom is -0.494 e. The van der Waals surface area contributed by atoms with Gasteiger partial charge in [-0.25, -0.2) is 0 Å². The highest BCUT2D eigenvalue weighted by molar-refractivity contribution is 7.20. The predicted octanol–water partition coefficient (Wildman–Crippen LogP) is 5.28. The van der Waals surface area contributed by atoms with Crippen molar-refractivity contribution in [1.29, 1.82) is 0 Å². The molecule has 2 aromatic heterocycles. The molecule has 0 spiro atoms. The number of aromatic nitrogens is 5. The lowest BCUT2D eigenvalue weighted by Gasteiger charge is -2.04. The van der Waals surface area contributed by atoms with E-state index in [1.807, 2.05) is 67.6 Å². The van der Waals surface area contributed by atoms with Crippen LogP contribution in [0, 0.1) is 10.1 Å². The molecule has 0 fully saturated rings. The van der Waals surface area contributed by atoms with Gasteiger partial charge in [-0.05, 0) is 57.3 Å². The van der Waals surface area contributed by atoms with E-state index in [2.05, 4.69) is 0 Å². The maximum atomic E-state index is 11.1. The first-order valence-electron chi connectivity index (χ1n) is 11.3. The number of nitro benzene ring substituents is 1. The van der Waals surface area contributed by atoms with E-state index in [1.165, 1.54) is 23.5 Å². The van der Waals surface area contributed by atoms with Crippen LogP contribution in [0.25, 0.3) is 43.2 Å². The molecule has 0 radical (unpaired) electrons. The summed E-state index contributed by atoms with van der Waals surface area (Å²) in [6.07, 6.45) is 0. The molecular formula is C26H19N6O3S+. The third-order valence-electron chi connectivity index (χ3n) is 5.71. The first kappa shape index (κ1) is 21.8. The number of benzene rings is 4. The molecule has 4 aromatic carbocycles.